The van der Waals surface area contributed by atoms with Crippen molar-refractivity contribution in [2.75, 3.05) is 12.0 Å². The lowest BCUT2D eigenvalue weighted by atomic mass is 9.73. The van der Waals surface area contributed by atoms with Crippen LogP contribution in [0.4, 0.5) is 5.69 Å². The molecule has 5 nitrogen and oxygen atoms in total. The number of nitrogens with one attached hydrogen (secondary N) is 1. The van der Waals surface area contributed by atoms with Gasteiger partial charge < -0.3 is 9.84 Å². The maximum Gasteiger partial charge on any atom is 0.161 e. The van der Waals surface area contributed by atoms with Crippen LogP contribution in [0.1, 0.15) is 36.3 Å². The highest BCUT2D eigenvalue weighted by Crippen LogP contribution is 2.48. The number of anilines is 1. The molecule has 2 N–H and O–H groups in total. The molecule has 0 amide bonds. The summed E-state index contributed by atoms with van der Waals surface area (Å²) >= 11 is 3.48. The number of carbonyl (C=O) groups is 1. The Hall–Kier alpha value is -3.64. The van der Waals surface area contributed by atoms with Gasteiger partial charge in [0.25, 0.3) is 0 Å². The number of nitrogens with zero attached hydrogens (tertiary/aromatic N) is 1. The third kappa shape index (κ3) is 4.19. The SMILES string of the molecule is COc1ccc(C2C3=C(CCCC3=O)N(c3ccc(Br)cc3)C(=N)/C2=C(/O)c2ccccc2)cc1. The Kier molecular flexibility index (Phi) is 6.31. The van der Waals surface area contributed by atoms with E-state index in [1.165, 1.54) is 0 Å². The Labute approximate surface area is 213 Å². The van der Waals surface area contributed by atoms with Crippen molar-refractivity contribution in [3.63, 3.8) is 0 Å². The number of ether oxygens (including phenoxy) is 1. The molecule has 1 heterocycles. The summed E-state index contributed by atoms with van der Waals surface area (Å²) in [7, 11) is 1.61. The summed E-state index contributed by atoms with van der Waals surface area (Å²) in [6.07, 6.45) is 1.87. The Morgan fingerprint density at radius 3 is 2.34 bits per heavy atom. The fourth-order valence-electron chi connectivity index (χ4n) is 4.95. The summed E-state index contributed by atoms with van der Waals surface area (Å²) in [4.78, 5) is 15.3. The normalized spacial score (nSPS) is 19.5. The number of hydrogen-bond acceptors (Lipinski definition) is 4. The number of benzene rings is 3. The molecule has 0 fully saturated rings. The van der Waals surface area contributed by atoms with Crippen molar-refractivity contribution in [3.05, 3.63) is 111 Å². The molecule has 35 heavy (non-hydrogen) atoms. The molecule has 5 rings (SSSR count). The molecule has 3 aromatic rings. The highest BCUT2D eigenvalue weighted by atomic mass is 79.9. The quantitative estimate of drug-likeness (QED) is 0.357. The zero-order valence-corrected chi connectivity index (χ0v) is 20.9. The van der Waals surface area contributed by atoms with Crippen LogP contribution >= 0.6 is 15.9 Å². The maximum absolute atomic E-state index is 13.5. The molecular weight excluding hydrogens is 504 g/mol. The first kappa shape index (κ1) is 23.1. The minimum absolute atomic E-state index is 0.00320. The van der Waals surface area contributed by atoms with E-state index in [1.807, 2.05) is 83.8 Å². The van der Waals surface area contributed by atoms with E-state index in [4.69, 9.17) is 4.74 Å². The summed E-state index contributed by atoms with van der Waals surface area (Å²) in [6.45, 7) is 0. The molecule has 1 atom stereocenters. The van der Waals surface area contributed by atoms with Gasteiger partial charge in [0, 0.05) is 44.9 Å². The molecule has 6 heteroatoms. The van der Waals surface area contributed by atoms with Crippen LogP contribution in [0.15, 0.2) is 100 Å². The van der Waals surface area contributed by atoms with Crippen molar-refractivity contribution < 1.29 is 14.6 Å². The van der Waals surface area contributed by atoms with Crippen molar-refractivity contribution in [1.82, 2.24) is 0 Å². The summed E-state index contributed by atoms with van der Waals surface area (Å²) in [5.41, 5.74) is 4.13. The van der Waals surface area contributed by atoms with Crippen molar-refractivity contribution in [2.45, 2.75) is 25.2 Å². The van der Waals surface area contributed by atoms with Crippen LogP contribution < -0.4 is 9.64 Å². The summed E-state index contributed by atoms with van der Waals surface area (Å²) in [6, 6.07) is 24.4. The lowest BCUT2D eigenvalue weighted by molar-refractivity contribution is -0.116. The van der Waals surface area contributed by atoms with E-state index in [-0.39, 0.29) is 17.4 Å². The molecule has 0 bridgehead atoms. The third-order valence-corrected chi connectivity index (χ3v) is 7.12. The zero-order valence-electron chi connectivity index (χ0n) is 19.3. The number of carbonyl (C=O) groups excluding carboxylic acids is 1. The number of aliphatic hydroxyl groups excluding tert-OH is 1. The van der Waals surface area contributed by atoms with Gasteiger partial charge >= 0.3 is 0 Å². The molecule has 3 aromatic carbocycles. The monoisotopic (exact) mass is 528 g/mol. The molecule has 1 unspecified atom stereocenters. The van der Waals surface area contributed by atoms with Gasteiger partial charge in [0.2, 0.25) is 0 Å². The number of aliphatic hydroxyl groups is 1. The summed E-state index contributed by atoms with van der Waals surface area (Å²) < 4.78 is 6.27. The average molecular weight is 529 g/mol. The fourth-order valence-corrected chi connectivity index (χ4v) is 5.21. The molecule has 0 saturated carbocycles. The number of ketones is 1. The van der Waals surface area contributed by atoms with E-state index < -0.39 is 5.92 Å². The molecular formula is C29H25BrN2O3. The first-order valence-corrected chi connectivity index (χ1v) is 12.3. The molecule has 0 spiro atoms. The van der Waals surface area contributed by atoms with Crippen LogP contribution in [-0.2, 0) is 4.79 Å². The lowest BCUT2D eigenvalue weighted by Gasteiger charge is -2.41. The maximum atomic E-state index is 13.5. The first-order valence-electron chi connectivity index (χ1n) is 11.5. The molecule has 0 radical (unpaired) electrons. The number of Topliss-reactive ketones (excluding diaryl/α,β-unsaturated/α-hetero) is 1. The van der Waals surface area contributed by atoms with E-state index in [2.05, 4.69) is 15.9 Å². The Balaban J connectivity index is 1.80. The highest BCUT2D eigenvalue weighted by Gasteiger charge is 2.43. The van der Waals surface area contributed by atoms with E-state index in [1.54, 1.807) is 7.11 Å². The predicted octanol–water partition coefficient (Wildman–Crippen LogP) is 7.02. The third-order valence-electron chi connectivity index (χ3n) is 6.59. The van der Waals surface area contributed by atoms with Gasteiger partial charge in [0.15, 0.2) is 5.78 Å². The minimum atomic E-state index is -0.553. The smallest absolute Gasteiger partial charge is 0.161 e. The predicted molar refractivity (Wildman–Crippen MR) is 142 cm³/mol. The van der Waals surface area contributed by atoms with E-state index in [9.17, 15) is 15.3 Å². The van der Waals surface area contributed by atoms with Gasteiger partial charge in [-0.2, -0.15) is 0 Å². The second-order valence-electron chi connectivity index (χ2n) is 8.63. The number of hydrogen-bond donors (Lipinski definition) is 2. The minimum Gasteiger partial charge on any atom is -0.507 e. The Morgan fingerprint density at radius 2 is 1.69 bits per heavy atom. The van der Waals surface area contributed by atoms with E-state index >= 15 is 0 Å². The second kappa shape index (κ2) is 9.55. The number of methoxy groups -OCH3 is 1. The van der Waals surface area contributed by atoms with Gasteiger partial charge in [-0.05, 0) is 54.8 Å². The molecule has 0 aromatic heterocycles. The van der Waals surface area contributed by atoms with Crippen molar-refractivity contribution in [3.8, 4) is 5.75 Å². The number of amidine groups is 1. The van der Waals surface area contributed by atoms with Crippen molar-refractivity contribution in [2.24, 2.45) is 0 Å². The largest absolute Gasteiger partial charge is 0.507 e. The number of halogens is 1. The lowest BCUT2D eigenvalue weighted by Crippen LogP contribution is -2.42. The number of allylic oxidation sites excluding steroid dienone is 2. The first-order chi connectivity index (χ1) is 17.0. The Morgan fingerprint density at radius 1 is 1.00 bits per heavy atom. The van der Waals surface area contributed by atoms with Crippen LogP contribution in [0.3, 0.4) is 0 Å². The zero-order chi connectivity index (χ0) is 24.5. The van der Waals surface area contributed by atoms with Crippen LogP contribution in [0, 0.1) is 5.41 Å². The van der Waals surface area contributed by atoms with Crippen LogP contribution in [0.2, 0.25) is 0 Å². The highest BCUT2D eigenvalue weighted by molar-refractivity contribution is 9.10. The van der Waals surface area contributed by atoms with E-state index in [0.717, 1.165) is 27.8 Å². The van der Waals surface area contributed by atoms with Gasteiger partial charge in [0.1, 0.15) is 17.3 Å². The summed E-state index contributed by atoms with van der Waals surface area (Å²) in [5.74, 6) is 0.382. The molecule has 176 valence electrons. The summed E-state index contributed by atoms with van der Waals surface area (Å²) in [5, 5.41) is 20.9. The van der Waals surface area contributed by atoms with Gasteiger partial charge in [-0.25, -0.2) is 0 Å². The molecule has 1 aliphatic carbocycles. The van der Waals surface area contributed by atoms with Crippen LogP contribution in [-0.4, -0.2) is 23.8 Å². The molecule has 0 saturated heterocycles. The average Bonchev–Trinajstić information content (AvgIpc) is 2.89. The van der Waals surface area contributed by atoms with Gasteiger partial charge in [-0.3, -0.25) is 15.1 Å². The van der Waals surface area contributed by atoms with Crippen LogP contribution in [0.5, 0.6) is 5.75 Å². The topological polar surface area (TPSA) is 73.6 Å². The van der Waals surface area contributed by atoms with Crippen molar-refractivity contribution in [1.29, 1.82) is 5.41 Å². The molecule has 2 aliphatic rings. The van der Waals surface area contributed by atoms with Gasteiger partial charge in [-0.15, -0.1) is 0 Å². The molecule has 1 aliphatic heterocycles. The van der Waals surface area contributed by atoms with Gasteiger partial charge in [0.05, 0.1) is 7.11 Å². The second-order valence-corrected chi connectivity index (χ2v) is 9.55. The van der Waals surface area contributed by atoms with Crippen molar-refractivity contribution >= 4 is 39.0 Å². The fraction of sp³-hybridized carbons (Fsp3) is 0.172. The van der Waals surface area contributed by atoms with Crippen LogP contribution in [0.25, 0.3) is 5.76 Å². The van der Waals surface area contributed by atoms with Gasteiger partial charge in [-0.1, -0.05) is 58.4 Å². The van der Waals surface area contributed by atoms with E-state index in [0.29, 0.717) is 35.3 Å². The Bertz CT molecular complexity index is 1340. The number of rotatable bonds is 4. The standard InChI is InChI=1S/C29H25BrN2O3/c1-35-22-16-10-18(11-17-22)25-26-23(8-5-9-24(26)33)32(21-14-12-20(30)13-15-21)29(31)27(25)28(34)19-6-3-2-4-7-19/h2-4,6-7,10-17,25,31,34H,5,8-9H2,1H3/b28-27+,31-29?.